The number of amides is 3. The Labute approximate surface area is 166 Å². The first kappa shape index (κ1) is 23.3. The summed E-state index contributed by atoms with van der Waals surface area (Å²) < 4.78 is 5.01. The Kier molecular flexibility index (Phi) is 9.84. The number of benzene rings is 1. The van der Waals surface area contributed by atoms with Crippen molar-refractivity contribution < 1.29 is 24.2 Å². The van der Waals surface area contributed by atoms with Crippen LogP contribution in [-0.4, -0.2) is 36.4 Å². The Bertz CT molecular complexity index is 644. The summed E-state index contributed by atoms with van der Waals surface area (Å²) in [6.45, 7) is 6.89. The van der Waals surface area contributed by atoms with Crippen molar-refractivity contribution in [2.75, 3.05) is 13.2 Å². The molecule has 1 aromatic rings. The van der Waals surface area contributed by atoms with Gasteiger partial charge in [0, 0.05) is 19.5 Å². The predicted octanol–water partition coefficient (Wildman–Crippen LogP) is 3.11. The van der Waals surface area contributed by atoms with E-state index in [0.29, 0.717) is 13.1 Å². The van der Waals surface area contributed by atoms with Gasteiger partial charge >= 0.3 is 18.1 Å². The van der Waals surface area contributed by atoms with E-state index in [4.69, 9.17) is 9.84 Å². The fraction of sp³-hybridized carbons (Fsp3) is 0.550. The van der Waals surface area contributed by atoms with Gasteiger partial charge in [-0.25, -0.2) is 9.59 Å². The number of hydrogen-bond donors (Lipinski definition) is 4. The third-order valence-corrected chi connectivity index (χ3v) is 4.13. The van der Waals surface area contributed by atoms with Gasteiger partial charge in [-0.1, -0.05) is 37.6 Å². The Hall–Kier alpha value is -2.77. The van der Waals surface area contributed by atoms with E-state index in [1.54, 1.807) is 0 Å². The molecule has 0 radical (unpaired) electrons. The number of carbonyl (C=O) groups is 3. The van der Waals surface area contributed by atoms with Crippen molar-refractivity contribution in [3.05, 3.63) is 35.4 Å². The number of carbonyl (C=O) groups excluding carboxylic acids is 2. The minimum Gasteiger partial charge on any atom is -0.481 e. The molecule has 0 saturated heterocycles. The standard InChI is InChI=1S/C20H31N3O5/c1-4-5-12-21-18(26)22-14-15-8-10-16(11-9-15)20(2,3)23-19(27)28-13-6-7-17(24)25/h8-11H,4-7,12-14H2,1-3H3,(H,23,27)(H,24,25)(H2,21,22,26). The SMILES string of the molecule is CCCCNC(=O)NCc1ccc(C(C)(C)NC(=O)OCCCC(=O)O)cc1. The van der Waals surface area contributed by atoms with Crippen molar-refractivity contribution in [2.24, 2.45) is 0 Å². The second-order valence-electron chi connectivity index (χ2n) is 7.04. The van der Waals surface area contributed by atoms with E-state index in [1.807, 2.05) is 38.1 Å². The summed E-state index contributed by atoms with van der Waals surface area (Å²) in [6, 6.07) is 7.37. The van der Waals surface area contributed by atoms with E-state index in [0.717, 1.165) is 24.0 Å². The van der Waals surface area contributed by atoms with Gasteiger partial charge in [0.1, 0.15) is 0 Å². The first-order chi connectivity index (χ1) is 13.2. The molecule has 0 spiro atoms. The number of rotatable bonds is 11. The molecular formula is C20H31N3O5. The summed E-state index contributed by atoms with van der Waals surface area (Å²) >= 11 is 0. The molecule has 1 aromatic carbocycles. The second-order valence-corrected chi connectivity index (χ2v) is 7.04. The van der Waals surface area contributed by atoms with Crippen LogP contribution < -0.4 is 16.0 Å². The van der Waals surface area contributed by atoms with Crippen LogP contribution in [0.2, 0.25) is 0 Å². The van der Waals surface area contributed by atoms with Crippen LogP contribution in [0.3, 0.4) is 0 Å². The number of urea groups is 1. The van der Waals surface area contributed by atoms with Gasteiger partial charge in [0.2, 0.25) is 0 Å². The lowest BCUT2D eigenvalue weighted by atomic mass is 9.93. The Balaban J connectivity index is 2.46. The Morgan fingerprint density at radius 2 is 1.75 bits per heavy atom. The van der Waals surface area contributed by atoms with Crippen molar-refractivity contribution in [3.63, 3.8) is 0 Å². The average molecular weight is 393 g/mol. The third kappa shape index (κ3) is 9.25. The highest BCUT2D eigenvalue weighted by atomic mass is 16.5. The minimum atomic E-state index is -0.919. The zero-order chi connectivity index (χ0) is 21.0. The van der Waals surface area contributed by atoms with E-state index in [9.17, 15) is 14.4 Å². The highest BCUT2D eigenvalue weighted by molar-refractivity contribution is 5.73. The summed E-state index contributed by atoms with van der Waals surface area (Å²) in [5.74, 6) is -0.919. The van der Waals surface area contributed by atoms with Gasteiger partial charge in [-0.2, -0.15) is 0 Å². The van der Waals surface area contributed by atoms with Crippen LogP contribution in [0.25, 0.3) is 0 Å². The van der Waals surface area contributed by atoms with Crippen molar-refractivity contribution in [2.45, 2.75) is 58.5 Å². The van der Waals surface area contributed by atoms with Crippen LogP contribution in [0.1, 0.15) is 57.6 Å². The maximum Gasteiger partial charge on any atom is 0.407 e. The molecule has 0 unspecified atom stereocenters. The van der Waals surface area contributed by atoms with Crippen LogP contribution >= 0.6 is 0 Å². The van der Waals surface area contributed by atoms with Gasteiger partial charge in [0.25, 0.3) is 0 Å². The van der Waals surface area contributed by atoms with Gasteiger partial charge < -0.3 is 25.8 Å². The van der Waals surface area contributed by atoms with E-state index in [1.165, 1.54) is 0 Å². The van der Waals surface area contributed by atoms with Gasteiger partial charge in [0.05, 0.1) is 12.1 Å². The monoisotopic (exact) mass is 393 g/mol. The molecule has 0 aromatic heterocycles. The number of ether oxygens (including phenoxy) is 1. The molecule has 0 bridgehead atoms. The van der Waals surface area contributed by atoms with Crippen LogP contribution in [-0.2, 0) is 21.6 Å². The number of aliphatic carboxylic acids is 1. The molecular weight excluding hydrogens is 362 g/mol. The minimum absolute atomic E-state index is 0.0389. The van der Waals surface area contributed by atoms with E-state index >= 15 is 0 Å². The van der Waals surface area contributed by atoms with Crippen molar-refractivity contribution in [3.8, 4) is 0 Å². The molecule has 8 nitrogen and oxygen atoms in total. The fourth-order valence-corrected chi connectivity index (χ4v) is 2.41. The van der Waals surface area contributed by atoms with E-state index in [2.05, 4.69) is 22.9 Å². The second kappa shape index (κ2) is 11.8. The molecule has 8 heteroatoms. The van der Waals surface area contributed by atoms with Crippen LogP contribution in [0.5, 0.6) is 0 Å². The quantitative estimate of drug-likeness (QED) is 0.431. The molecule has 0 atom stereocenters. The zero-order valence-corrected chi connectivity index (χ0v) is 16.8. The fourth-order valence-electron chi connectivity index (χ4n) is 2.41. The first-order valence-electron chi connectivity index (χ1n) is 9.52. The number of unbranched alkanes of at least 4 members (excludes halogenated alkanes) is 1. The number of carboxylic acid groups (broad SMARTS) is 1. The zero-order valence-electron chi connectivity index (χ0n) is 16.8. The average Bonchev–Trinajstić information content (AvgIpc) is 2.63. The van der Waals surface area contributed by atoms with Crippen molar-refractivity contribution in [1.82, 2.24) is 16.0 Å². The maximum absolute atomic E-state index is 11.9. The normalized spacial score (nSPS) is 10.8. The molecule has 0 saturated carbocycles. The topological polar surface area (TPSA) is 117 Å². The summed E-state index contributed by atoms with van der Waals surface area (Å²) in [5.41, 5.74) is 1.17. The predicted molar refractivity (Wildman–Crippen MR) is 106 cm³/mol. The summed E-state index contributed by atoms with van der Waals surface area (Å²) in [4.78, 5) is 34.0. The lowest BCUT2D eigenvalue weighted by Gasteiger charge is -2.26. The van der Waals surface area contributed by atoms with Gasteiger partial charge in [0.15, 0.2) is 0 Å². The number of nitrogens with one attached hydrogen (secondary N) is 3. The van der Waals surface area contributed by atoms with Crippen molar-refractivity contribution >= 4 is 18.1 Å². The summed E-state index contributed by atoms with van der Waals surface area (Å²) in [5, 5.41) is 16.9. The third-order valence-electron chi connectivity index (χ3n) is 4.13. The van der Waals surface area contributed by atoms with Crippen LogP contribution in [0, 0.1) is 0 Å². The molecule has 0 heterocycles. The summed E-state index contributed by atoms with van der Waals surface area (Å²) in [7, 11) is 0. The Morgan fingerprint density at radius 1 is 1.07 bits per heavy atom. The number of carboxylic acids is 1. The molecule has 156 valence electrons. The summed E-state index contributed by atoms with van der Waals surface area (Å²) in [6.07, 6.45) is 1.62. The molecule has 1 rings (SSSR count). The largest absolute Gasteiger partial charge is 0.481 e. The Morgan fingerprint density at radius 3 is 2.36 bits per heavy atom. The lowest BCUT2D eigenvalue weighted by molar-refractivity contribution is -0.137. The smallest absolute Gasteiger partial charge is 0.407 e. The maximum atomic E-state index is 11.9. The highest BCUT2D eigenvalue weighted by Gasteiger charge is 2.23. The molecule has 0 aliphatic carbocycles. The lowest BCUT2D eigenvalue weighted by Crippen LogP contribution is -2.41. The number of hydrogen-bond acceptors (Lipinski definition) is 4. The van der Waals surface area contributed by atoms with Crippen molar-refractivity contribution in [1.29, 1.82) is 0 Å². The molecule has 28 heavy (non-hydrogen) atoms. The van der Waals surface area contributed by atoms with Crippen LogP contribution in [0.15, 0.2) is 24.3 Å². The highest BCUT2D eigenvalue weighted by Crippen LogP contribution is 2.20. The van der Waals surface area contributed by atoms with E-state index < -0.39 is 17.6 Å². The van der Waals surface area contributed by atoms with E-state index in [-0.39, 0.29) is 25.5 Å². The molecule has 0 aliphatic heterocycles. The molecule has 4 N–H and O–H groups in total. The van der Waals surface area contributed by atoms with Gasteiger partial charge in [-0.15, -0.1) is 0 Å². The van der Waals surface area contributed by atoms with Gasteiger partial charge in [-0.05, 0) is 37.8 Å². The molecule has 0 fully saturated rings. The molecule has 3 amide bonds. The number of alkyl carbamates (subject to hydrolysis) is 1. The molecule has 0 aliphatic rings. The first-order valence-corrected chi connectivity index (χ1v) is 9.52. The van der Waals surface area contributed by atoms with Crippen LogP contribution in [0.4, 0.5) is 9.59 Å². The van der Waals surface area contributed by atoms with Gasteiger partial charge in [-0.3, -0.25) is 4.79 Å².